The van der Waals surface area contributed by atoms with E-state index in [9.17, 15) is 28.3 Å². The van der Waals surface area contributed by atoms with Crippen molar-refractivity contribution >= 4 is 17.6 Å². The predicted molar refractivity (Wildman–Crippen MR) is 123 cm³/mol. The second kappa shape index (κ2) is 9.18. The zero-order valence-electron chi connectivity index (χ0n) is 20.3. The molecule has 1 heterocycles. The highest BCUT2D eigenvalue weighted by molar-refractivity contribution is 6.27. The van der Waals surface area contributed by atoms with Crippen molar-refractivity contribution in [3.8, 4) is 0 Å². The molecule has 1 aromatic rings. The summed E-state index contributed by atoms with van der Waals surface area (Å²) in [5.41, 5.74) is -0.303. The maximum atomic E-state index is 14.2. The number of hydrogen-bond donors (Lipinski definition) is 1. The predicted octanol–water partition coefficient (Wildman–Crippen LogP) is 2.59. The number of nitrogens with zero attached hydrogens (tertiary/aromatic N) is 2. The smallest absolute Gasteiger partial charge is 0.257 e. The summed E-state index contributed by atoms with van der Waals surface area (Å²) in [6.45, 7) is 5.76. The van der Waals surface area contributed by atoms with Crippen LogP contribution in [0.1, 0.15) is 32.8 Å². The van der Waals surface area contributed by atoms with Crippen LogP contribution in [0.25, 0.3) is 0 Å². The molecule has 0 radical (unpaired) electrons. The van der Waals surface area contributed by atoms with Crippen LogP contribution in [0.2, 0.25) is 0 Å². The van der Waals surface area contributed by atoms with E-state index in [0.29, 0.717) is 13.0 Å². The van der Waals surface area contributed by atoms with Crippen molar-refractivity contribution in [1.82, 2.24) is 9.80 Å². The number of carbonyl (C=O) groups excluding carboxylic acids is 3. The van der Waals surface area contributed by atoms with Crippen LogP contribution < -0.4 is 0 Å². The quantitative estimate of drug-likeness (QED) is 0.597. The molecule has 1 saturated carbocycles. The van der Waals surface area contributed by atoms with Crippen molar-refractivity contribution in [1.29, 1.82) is 0 Å². The third-order valence-electron chi connectivity index (χ3n) is 7.33. The molecule has 0 aromatic heterocycles. The van der Waals surface area contributed by atoms with Gasteiger partial charge in [0.2, 0.25) is 5.78 Å². The number of carbonyl (C=O) groups is 3. The minimum absolute atomic E-state index is 0.0668. The molecule has 2 fully saturated rings. The fourth-order valence-electron chi connectivity index (χ4n) is 5.31. The number of fused-ring (bicyclic) bond motifs is 2. The van der Waals surface area contributed by atoms with Crippen molar-refractivity contribution in [3.63, 3.8) is 0 Å². The van der Waals surface area contributed by atoms with Crippen LogP contribution in [0.3, 0.4) is 0 Å². The van der Waals surface area contributed by atoms with Crippen LogP contribution in [-0.4, -0.2) is 65.4 Å². The Morgan fingerprint density at radius 2 is 2.03 bits per heavy atom. The van der Waals surface area contributed by atoms with Crippen LogP contribution in [0.5, 0.6) is 0 Å². The molecule has 7 nitrogen and oxygen atoms in total. The monoisotopic (exact) mass is 488 g/mol. The van der Waals surface area contributed by atoms with Crippen molar-refractivity contribution in [2.24, 2.45) is 17.3 Å². The van der Waals surface area contributed by atoms with Gasteiger partial charge in [-0.2, -0.15) is 0 Å². The second-order valence-electron chi connectivity index (χ2n) is 9.80. The lowest BCUT2D eigenvalue weighted by atomic mass is 9.71. The molecule has 35 heavy (non-hydrogen) atoms. The minimum atomic E-state index is -0.792. The molecule has 4 rings (SSSR count). The molecule has 188 valence electrons. The first-order valence-electron chi connectivity index (χ1n) is 11.8. The van der Waals surface area contributed by atoms with E-state index in [-0.39, 0.29) is 60.1 Å². The SMILES string of the molecule is CCOC1=C2C(=O)N(C(C)C)C[C@]3(C[C@H]3CO)C2C=C(C(=O)N(C)Cc2ccc(F)cc2F)C1=O. The van der Waals surface area contributed by atoms with E-state index in [1.54, 1.807) is 11.8 Å². The second-order valence-corrected chi connectivity index (χ2v) is 9.80. The molecule has 3 atom stereocenters. The number of piperidine rings is 1. The van der Waals surface area contributed by atoms with Gasteiger partial charge < -0.3 is 19.6 Å². The van der Waals surface area contributed by atoms with Gasteiger partial charge in [-0.05, 0) is 39.2 Å². The minimum Gasteiger partial charge on any atom is -0.489 e. The lowest BCUT2D eigenvalue weighted by Crippen LogP contribution is -2.53. The molecule has 3 aliphatic rings. The summed E-state index contributed by atoms with van der Waals surface area (Å²) in [5, 5.41) is 9.92. The highest BCUT2D eigenvalue weighted by Gasteiger charge is 2.65. The number of aliphatic hydroxyl groups is 1. The summed E-state index contributed by atoms with van der Waals surface area (Å²) >= 11 is 0. The molecule has 9 heteroatoms. The highest BCUT2D eigenvalue weighted by atomic mass is 19.1. The average molecular weight is 489 g/mol. The number of rotatable bonds is 7. The summed E-state index contributed by atoms with van der Waals surface area (Å²) in [5.74, 6) is -3.93. The topological polar surface area (TPSA) is 87.2 Å². The van der Waals surface area contributed by atoms with E-state index in [2.05, 4.69) is 0 Å². The van der Waals surface area contributed by atoms with Crippen LogP contribution in [0.15, 0.2) is 41.2 Å². The normalized spacial score (nSPS) is 25.7. The van der Waals surface area contributed by atoms with Crippen molar-refractivity contribution in [2.75, 3.05) is 26.8 Å². The van der Waals surface area contributed by atoms with E-state index >= 15 is 0 Å². The molecule has 1 unspecified atom stereocenters. The lowest BCUT2D eigenvalue weighted by molar-refractivity contribution is -0.136. The zero-order chi connectivity index (χ0) is 25.7. The van der Waals surface area contributed by atoms with Crippen molar-refractivity contribution in [2.45, 2.75) is 39.8 Å². The maximum Gasteiger partial charge on any atom is 0.257 e. The van der Waals surface area contributed by atoms with Gasteiger partial charge in [0, 0.05) is 55.7 Å². The molecule has 1 N–H and O–H groups in total. The van der Waals surface area contributed by atoms with Gasteiger partial charge in [0.05, 0.1) is 17.8 Å². The van der Waals surface area contributed by atoms with Gasteiger partial charge in [0.15, 0.2) is 5.76 Å². The number of benzene rings is 1. The van der Waals surface area contributed by atoms with Crippen LogP contribution in [0, 0.1) is 28.9 Å². The molecule has 2 amide bonds. The number of hydrogen-bond acceptors (Lipinski definition) is 5. The number of ether oxygens (including phenoxy) is 1. The molecule has 1 spiro atoms. The van der Waals surface area contributed by atoms with Crippen LogP contribution >= 0.6 is 0 Å². The molecule has 0 bridgehead atoms. The van der Waals surface area contributed by atoms with Gasteiger partial charge in [-0.1, -0.05) is 12.1 Å². The Labute approximate surface area is 203 Å². The molecule has 2 aliphatic carbocycles. The zero-order valence-corrected chi connectivity index (χ0v) is 20.3. The summed E-state index contributed by atoms with van der Waals surface area (Å²) in [6, 6.07) is 2.97. The molecule has 1 aliphatic heterocycles. The standard InChI is InChI=1S/C26H30F2N2O5/c1-5-35-23-21-19(26(10-16(26)12-31)13-30(14(2)3)25(21)34)9-18(22(23)32)24(33)29(4)11-15-6-7-17(27)8-20(15)28/h6-9,14,16,19,31H,5,10-13H2,1-4H3/t16-,19?,26-/m0/s1. The fraction of sp³-hybridized carbons (Fsp3) is 0.500. The molecule has 1 aromatic carbocycles. The van der Waals surface area contributed by atoms with Crippen LogP contribution in [-0.2, 0) is 25.7 Å². The summed E-state index contributed by atoms with van der Waals surface area (Å²) < 4.78 is 33.1. The van der Waals surface area contributed by atoms with Gasteiger partial charge in [-0.3, -0.25) is 14.4 Å². The first kappa shape index (κ1) is 25.0. The van der Waals surface area contributed by atoms with Gasteiger partial charge in [0.25, 0.3) is 11.8 Å². The van der Waals surface area contributed by atoms with E-state index in [4.69, 9.17) is 4.74 Å². The first-order valence-corrected chi connectivity index (χ1v) is 11.8. The number of likely N-dealkylation sites (tertiary alicyclic amines) is 1. The number of halogens is 2. The van der Waals surface area contributed by atoms with E-state index in [1.807, 2.05) is 13.8 Å². The Hall–Kier alpha value is -3.07. The van der Waals surface area contributed by atoms with E-state index in [1.165, 1.54) is 24.1 Å². The van der Waals surface area contributed by atoms with Gasteiger partial charge in [-0.15, -0.1) is 0 Å². The molecular formula is C26H30F2N2O5. The largest absolute Gasteiger partial charge is 0.489 e. The third-order valence-corrected chi connectivity index (χ3v) is 7.33. The van der Waals surface area contributed by atoms with Gasteiger partial charge in [0.1, 0.15) is 11.6 Å². The molecule has 1 saturated heterocycles. The first-order chi connectivity index (χ1) is 16.5. The fourth-order valence-corrected chi connectivity index (χ4v) is 5.31. The number of ketones is 1. The number of amides is 2. The average Bonchev–Trinajstić information content (AvgIpc) is 3.52. The number of allylic oxidation sites excluding steroid dienone is 2. The Morgan fingerprint density at radius 3 is 2.60 bits per heavy atom. The third kappa shape index (κ3) is 4.16. The summed E-state index contributed by atoms with van der Waals surface area (Å²) in [4.78, 5) is 43.1. The Balaban J connectivity index is 1.72. The summed E-state index contributed by atoms with van der Waals surface area (Å²) in [7, 11) is 1.43. The van der Waals surface area contributed by atoms with Crippen molar-refractivity contribution < 1.29 is 33.0 Å². The maximum absolute atomic E-state index is 14.2. The number of likely N-dealkylation sites (N-methyl/N-ethyl adjacent to an activating group) is 1. The van der Waals surface area contributed by atoms with Gasteiger partial charge >= 0.3 is 0 Å². The number of Topliss-reactive ketones (excluding diaryl/α,β-unsaturated/α-hetero) is 1. The van der Waals surface area contributed by atoms with Gasteiger partial charge in [-0.25, -0.2) is 8.78 Å². The Bertz CT molecular complexity index is 1140. The Morgan fingerprint density at radius 1 is 1.31 bits per heavy atom. The molecular weight excluding hydrogens is 458 g/mol. The summed E-state index contributed by atoms with van der Waals surface area (Å²) in [6.07, 6.45) is 2.18. The van der Waals surface area contributed by atoms with Crippen molar-refractivity contribution in [3.05, 3.63) is 58.4 Å². The lowest BCUT2D eigenvalue weighted by Gasteiger charge is -2.44. The van der Waals surface area contributed by atoms with Crippen LogP contribution in [0.4, 0.5) is 8.78 Å². The van der Waals surface area contributed by atoms with E-state index in [0.717, 1.165) is 12.1 Å². The Kier molecular flexibility index (Phi) is 6.57. The van der Waals surface area contributed by atoms with E-state index < -0.39 is 34.7 Å². The highest BCUT2D eigenvalue weighted by Crippen LogP contribution is 2.63. The number of aliphatic hydroxyl groups excluding tert-OH is 1.